The third kappa shape index (κ3) is 1.77. The Balaban J connectivity index is 2.05. The average molecular weight is 268 g/mol. The minimum absolute atomic E-state index is 0.409. The van der Waals surface area contributed by atoms with Gasteiger partial charge in [-0.1, -0.05) is 0 Å². The van der Waals surface area contributed by atoms with E-state index in [1.807, 2.05) is 0 Å². The molecule has 1 aliphatic heterocycles. The largest absolute Gasteiger partial charge is 0.422 e. The molecule has 1 aliphatic rings. The van der Waals surface area contributed by atoms with E-state index in [1.165, 1.54) is 15.2 Å². The van der Waals surface area contributed by atoms with Crippen LogP contribution in [0.4, 0.5) is 0 Å². The fourth-order valence-corrected chi connectivity index (χ4v) is 2.28. The van der Waals surface area contributed by atoms with E-state index >= 15 is 0 Å². The highest BCUT2D eigenvalue weighted by molar-refractivity contribution is 5.28. The monoisotopic (exact) mass is 268 g/mol. The molecule has 2 aromatic rings. The van der Waals surface area contributed by atoms with Crippen molar-refractivity contribution in [3.05, 3.63) is 35.1 Å². The predicted octanol–water partition coefficient (Wildman–Crippen LogP) is -2.47. The summed E-state index contributed by atoms with van der Waals surface area (Å²) in [5.41, 5.74) is 0.196. The molecular weight excluding hydrogens is 254 g/mol. The van der Waals surface area contributed by atoms with Crippen LogP contribution in [-0.4, -0.2) is 49.2 Å². The van der Waals surface area contributed by atoms with Gasteiger partial charge in [0.1, 0.15) is 30.7 Å². The number of rotatable bonds is 2. The fourth-order valence-electron chi connectivity index (χ4n) is 2.28. The van der Waals surface area contributed by atoms with E-state index in [1.54, 1.807) is 18.5 Å². The molecule has 4 atom stereocenters. The van der Waals surface area contributed by atoms with Crippen molar-refractivity contribution in [2.24, 2.45) is 0 Å². The lowest BCUT2D eigenvalue weighted by molar-refractivity contribution is -0.343. The zero-order valence-corrected chi connectivity index (χ0v) is 9.88. The van der Waals surface area contributed by atoms with Crippen LogP contribution in [0.2, 0.25) is 0 Å². The van der Waals surface area contributed by atoms with E-state index in [4.69, 9.17) is 9.84 Å². The normalized spacial score (nSPS) is 31.1. The Kier molecular flexibility index (Phi) is 2.86. The van der Waals surface area contributed by atoms with Crippen molar-refractivity contribution in [3.8, 4) is 0 Å². The van der Waals surface area contributed by atoms with Crippen LogP contribution in [0.15, 0.2) is 29.5 Å². The maximum absolute atomic E-state index is 12.2. The van der Waals surface area contributed by atoms with Crippen molar-refractivity contribution in [2.75, 3.05) is 6.61 Å². The number of fused-ring (bicyclic) bond motifs is 1. The molecule has 0 unspecified atom stereocenters. The first kappa shape index (κ1) is 12.3. The summed E-state index contributed by atoms with van der Waals surface area (Å²) in [7, 11) is 0. The first-order valence-corrected chi connectivity index (χ1v) is 5.86. The number of nitrogens with one attached hydrogen (secondary N) is 1. The van der Waals surface area contributed by atoms with Crippen molar-refractivity contribution >= 4 is 5.65 Å². The van der Waals surface area contributed by atoms with Crippen LogP contribution in [0, 0.1) is 0 Å². The van der Waals surface area contributed by atoms with Gasteiger partial charge in [0.25, 0.3) is 5.65 Å². The number of hydrogen-bond acceptors (Lipinski definition) is 5. The van der Waals surface area contributed by atoms with Gasteiger partial charge < -0.3 is 20.1 Å². The van der Waals surface area contributed by atoms with Gasteiger partial charge in [-0.2, -0.15) is 0 Å². The molecule has 0 spiro atoms. The molecule has 2 aromatic heterocycles. The number of aliphatic hydroxyl groups is 3. The summed E-state index contributed by atoms with van der Waals surface area (Å²) in [6, 6.07) is 1.65. The number of H-pyrrole nitrogens is 1. The zero-order valence-electron chi connectivity index (χ0n) is 9.88. The Morgan fingerprint density at radius 1 is 1.32 bits per heavy atom. The Hall–Kier alpha value is -1.74. The highest BCUT2D eigenvalue weighted by atomic mass is 16.6. The Labute approximate surface area is 107 Å². The van der Waals surface area contributed by atoms with Gasteiger partial charge in [0, 0.05) is 12.3 Å². The van der Waals surface area contributed by atoms with Gasteiger partial charge in [-0.15, -0.1) is 4.40 Å². The summed E-state index contributed by atoms with van der Waals surface area (Å²) in [6.45, 7) is -0.428. The Morgan fingerprint density at radius 2 is 2.11 bits per heavy atom. The molecule has 8 nitrogen and oxygen atoms in total. The average Bonchev–Trinajstić information content (AvgIpc) is 2.98. The summed E-state index contributed by atoms with van der Waals surface area (Å²) >= 11 is 0. The lowest BCUT2D eigenvalue weighted by atomic mass is 10.1. The van der Waals surface area contributed by atoms with E-state index in [-0.39, 0.29) is 0 Å². The van der Waals surface area contributed by atoms with Gasteiger partial charge >= 0.3 is 5.69 Å². The topological polar surface area (TPSA) is 110 Å². The van der Waals surface area contributed by atoms with Crippen LogP contribution >= 0.6 is 0 Å². The van der Waals surface area contributed by atoms with Crippen LogP contribution in [0.1, 0.15) is 6.23 Å². The van der Waals surface area contributed by atoms with E-state index in [0.717, 1.165) is 0 Å². The van der Waals surface area contributed by atoms with Crippen molar-refractivity contribution in [2.45, 2.75) is 24.5 Å². The summed E-state index contributed by atoms with van der Waals surface area (Å²) in [5.74, 6) is 0. The maximum Gasteiger partial charge on any atom is 0.422 e. The molecule has 0 amide bonds. The van der Waals surface area contributed by atoms with Gasteiger partial charge in [-0.3, -0.25) is 4.57 Å². The minimum atomic E-state index is -1.27. The van der Waals surface area contributed by atoms with Crippen molar-refractivity contribution in [1.82, 2.24) is 8.97 Å². The number of nitrogens with zero attached hydrogens (tertiary/aromatic N) is 2. The molecule has 0 radical (unpaired) electrons. The van der Waals surface area contributed by atoms with Crippen LogP contribution in [0.25, 0.3) is 5.65 Å². The van der Waals surface area contributed by atoms with Crippen molar-refractivity contribution < 1.29 is 25.0 Å². The minimum Gasteiger partial charge on any atom is -0.394 e. The Morgan fingerprint density at radius 3 is 2.79 bits per heavy atom. The lowest BCUT2D eigenvalue weighted by Crippen LogP contribution is -2.37. The molecule has 4 N–H and O–H groups in total. The first-order valence-electron chi connectivity index (χ1n) is 5.86. The van der Waals surface area contributed by atoms with Gasteiger partial charge in [-0.25, -0.2) is 9.78 Å². The summed E-state index contributed by atoms with van der Waals surface area (Å²) in [4.78, 5) is 15.1. The fraction of sp³-hybridized carbons (Fsp3) is 0.455. The molecule has 8 heteroatoms. The maximum atomic E-state index is 12.2. The van der Waals surface area contributed by atoms with E-state index in [9.17, 15) is 15.0 Å². The first-order chi connectivity index (χ1) is 9.13. The highest BCUT2D eigenvalue weighted by Gasteiger charge is 2.44. The molecule has 102 valence electrons. The molecule has 1 fully saturated rings. The second kappa shape index (κ2) is 4.42. The molecular formula is C11H14N3O5+. The van der Waals surface area contributed by atoms with E-state index in [0.29, 0.717) is 5.65 Å². The lowest BCUT2D eigenvalue weighted by Gasteiger charge is -2.15. The van der Waals surface area contributed by atoms with Gasteiger partial charge in [0.15, 0.2) is 6.23 Å². The molecule has 19 heavy (non-hydrogen) atoms. The van der Waals surface area contributed by atoms with Gasteiger partial charge in [0.2, 0.25) is 0 Å². The number of hydrogen-bond donors (Lipinski definition) is 3. The third-order valence-electron chi connectivity index (χ3n) is 3.33. The quantitative estimate of drug-likeness (QED) is 0.559. The van der Waals surface area contributed by atoms with E-state index < -0.39 is 36.8 Å². The number of aromatic amines is 1. The second-order valence-electron chi connectivity index (χ2n) is 4.45. The molecule has 1 saturated heterocycles. The molecule has 3 heterocycles. The summed E-state index contributed by atoms with van der Waals surface area (Å²) in [5, 5.41) is 28.6. The van der Waals surface area contributed by atoms with Gasteiger partial charge in [0.05, 0.1) is 6.61 Å². The predicted molar refractivity (Wildman–Crippen MR) is 61.2 cm³/mol. The molecule has 0 saturated carbocycles. The number of imidazole rings is 1. The molecule has 3 rings (SSSR count). The second-order valence-corrected chi connectivity index (χ2v) is 4.45. The van der Waals surface area contributed by atoms with Crippen LogP contribution in [0.3, 0.4) is 0 Å². The number of aromatic nitrogens is 3. The van der Waals surface area contributed by atoms with Gasteiger partial charge in [-0.05, 0) is 0 Å². The van der Waals surface area contributed by atoms with E-state index in [2.05, 4.69) is 4.98 Å². The third-order valence-corrected chi connectivity index (χ3v) is 3.33. The SMILES string of the molecule is O=c1n([C@H]2O[C@@H](CO)[C@@H](O)[C@@H]2O)ccc2[nH+]ccn12. The number of ether oxygens (including phenoxy) is 1. The highest BCUT2D eigenvalue weighted by Crippen LogP contribution is 2.27. The smallest absolute Gasteiger partial charge is 0.394 e. The van der Waals surface area contributed by atoms with Crippen LogP contribution in [-0.2, 0) is 4.74 Å². The summed E-state index contributed by atoms with van der Waals surface area (Å²) in [6.07, 6.45) is 0.202. The van der Waals surface area contributed by atoms with Crippen LogP contribution < -0.4 is 10.7 Å². The van der Waals surface area contributed by atoms with Crippen molar-refractivity contribution in [3.63, 3.8) is 0 Å². The molecule has 0 aliphatic carbocycles. The zero-order chi connectivity index (χ0) is 13.6. The Bertz CT molecular complexity index is 651. The summed E-state index contributed by atoms with van der Waals surface area (Å²) < 4.78 is 7.86. The molecule has 0 aromatic carbocycles. The number of aliphatic hydroxyl groups excluding tert-OH is 3. The molecule has 0 bridgehead atoms. The van der Waals surface area contributed by atoms with Crippen molar-refractivity contribution in [1.29, 1.82) is 0 Å². The van der Waals surface area contributed by atoms with Crippen LogP contribution in [0.5, 0.6) is 0 Å². The standard InChI is InChI=1S/C11H13N3O5/c15-5-6-8(16)9(17)10(19-6)14-3-1-7-12-2-4-13(7)11(14)18/h1-4,6,8-10,15-17H,5H2/p+1/t6-,8+,9-,10-/m0/s1.